The Morgan fingerprint density at radius 1 is 1.25 bits per heavy atom. The van der Waals surface area contributed by atoms with Crippen molar-refractivity contribution in [3.63, 3.8) is 0 Å². The van der Waals surface area contributed by atoms with E-state index in [0.29, 0.717) is 16.8 Å². The highest BCUT2D eigenvalue weighted by Gasteiger charge is 2.42. The lowest BCUT2D eigenvalue weighted by Gasteiger charge is -2.31. The van der Waals surface area contributed by atoms with E-state index in [-0.39, 0.29) is 18.9 Å². The maximum absolute atomic E-state index is 12.3. The fourth-order valence-corrected chi connectivity index (χ4v) is 2.61. The van der Waals surface area contributed by atoms with Gasteiger partial charge in [0.2, 0.25) is 5.91 Å². The van der Waals surface area contributed by atoms with Gasteiger partial charge < -0.3 is 15.7 Å². The zero-order valence-corrected chi connectivity index (χ0v) is 10.5. The van der Waals surface area contributed by atoms with Gasteiger partial charge in [0, 0.05) is 29.8 Å². The lowest BCUT2D eigenvalue weighted by molar-refractivity contribution is -0.144. The Kier molecular flexibility index (Phi) is 2.72. The first-order valence-electron chi connectivity index (χ1n) is 6.20. The van der Waals surface area contributed by atoms with Gasteiger partial charge in [0.05, 0.1) is 0 Å². The molecule has 20 heavy (non-hydrogen) atoms. The highest BCUT2D eigenvalue weighted by molar-refractivity contribution is 6.06. The van der Waals surface area contributed by atoms with Crippen molar-refractivity contribution in [2.24, 2.45) is 0 Å². The molecule has 2 unspecified atom stereocenters. The summed E-state index contributed by atoms with van der Waals surface area (Å²) in [7, 11) is 0. The monoisotopic (exact) mass is 275 g/mol. The number of aliphatic hydroxyl groups excluding tert-OH is 1. The number of rotatable bonds is 1. The molecule has 2 aliphatic rings. The summed E-state index contributed by atoms with van der Waals surface area (Å²) < 4.78 is 0. The summed E-state index contributed by atoms with van der Waals surface area (Å²) >= 11 is 0. The molecule has 0 radical (unpaired) electrons. The van der Waals surface area contributed by atoms with Crippen LogP contribution in [-0.2, 0) is 16.1 Å². The van der Waals surface area contributed by atoms with E-state index >= 15 is 0 Å². The second kappa shape index (κ2) is 4.31. The topological polar surface area (TPSA) is 113 Å². The smallest absolute Gasteiger partial charge is 0.255 e. The molecule has 0 aromatic heterocycles. The summed E-state index contributed by atoms with van der Waals surface area (Å²) in [5.74, 6) is -1.61. The van der Waals surface area contributed by atoms with Crippen LogP contribution in [0.5, 0.6) is 0 Å². The number of carbonyl (C=O) groups excluding carboxylic acids is 3. The number of nitrogen functional groups attached to an aromatic ring is 1. The maximum Gasteiger partial charge on any atom is 0.255 e. The van der Waals surface area contributed by atoms with Crippen LogP contribution in [0, 0.1) is 0 Å². The highest BCUT2D eigenvalue weighted by atomic mass is 16.3. The second-order valence-corrected chi connectivity index (χ2v) is 4.93. The number of hydrogen-bond acceptors (Lipinski definition) is 5. The Labute approximate surface area is 114 Å². The number of imide groups is 1. The molecule has 0 bridgehead atoms. The van der Waals surface area contributed by atoms with E-state index in [9.17, 15) is 19.5 Å². The zero-order valence-electron chi connectivity index (χ0n) is 10.5. The first kappa shape index (κ1) is 12.6. The van der Waals surface area contributed by atoms with Gasteiger partial charge in [0.25, 0.3) is 11.8 Å². The van der Waals surface area contributed by atoms with Gasteiger partial charge in [0.15, 0.2) is 0 Å². The molecule has 1 fully saturated rings. The van der Waals surface area contributed by atoms with Gasteiger partial charge in [-0.2, -0.15) is 0 Å². The number of anilines is 1. The molecule has 2 aliphatic heterocycles. The Hall–Kier alpha value is -2.41. The van der Waals surface area contributed by atoms with Crippen molar-refractivity contribution in [1.82, 2.24) is 10.2 Å². The van der Waals surface area contributed by atoms with Gasteiger partial charge in [-0.05, 0) is 12.1 Å². The normalized spacial score (nSPS) is 25.6. The SMILES string of the molecule is Nc1cccc2c1CN(C1CC(O)C(=O)NC1=O)C2=O. The molecule has 104 valence electrons. The first-order chi connectivity index (χ1) is 9.49. The second-order valence-electron chi connectivity index (χ2n) is 4.93. The van der Waals surface area contributed by atoms with E-state index in [4.69, 9.17) is 5.73 Å². The van der Waals surface area contributed by atoms with Gasteiger partial charge in [-0.3, -0.25) is 19.7 Å². The molecular formula is C13H13N3O4. The molecule has 3 rings (SSSR count). The maximum atomic E-state index is 12.3. The summed E-state index contributed by atoms with van der Waals surface area (Å²) in [5.41, 5.74) is 7.46. The number of piperidine rings is 1. The number of aliphatic hydroxyl groups is 1. The predicted molar refractivity (Wildman–Crippen MR) is 68.3 cm³/mol. The summed E-state index contributed by atoms with van der Waals surface area (Å²) in [6, 6.07) is 4.15. The van der Waals surface area contributed by atoms with Crippen LogP contribution in [0.3, 0.4) is 0 Å². The van der Waals surface area contributed by atoms with Gasteiger partial charge in [-0.25, -0.2) is 0 Å². The Bertz CT molecular complexity index is 628. The van der Waals surface area contributed by atoms with Crippen LogP contribution in [-0.4, -0.2) is 39.9 Å². The predicted octanol–water partition coefficient (Wildman–Crippen LogP) is -0.999. The third kappa shape index (κ3) is 1.75. The molecule has 7 heteroatoms. The summed E-state index contributed by atoms with van der Waals surface area (Å²) in [4.78, 5) is 36.7. The largest absolute Gasteiger partial charge is 0.398 e. The van der Waals surface area contributed by atoms with Crippen LogP contribution in [0.15, 0.2) is 18.2 Å². The van der Waals surface area contributed by atoms with Crippen molar-refractivity contribution in [3.8, 4) is 0 Å². The molecule has 7 nitrogen and oxygen atoms in total. The fourth-order valence-electron chi connectivity index (χ4n) is 2.61. The molecule has 4 N–H and O–H groups in total. The van der Waals surface area contributed by atoms with Crippen molar-refractivity contribution in [1.29, 1.82) is 0 Å². The van der Waals surface area contributed by atoms with Crippen LogP contribution < -0.4 is 11.1 Å². The molecule has 0 aliphatic carbocycles. The van der Waals surface area contributed by atoms with Crippen molar-refractivity contribution < 1.29 is 19.5 Å². The number of carbonyl (C=O) groups is 3. The van der Waals surface area contributed by atoms with E-state index in [2.05, 4.69) is 5.32 Å². The third-order valence-corrected chi connectivity index (χ3v) is 3.71. The molecule has 2 heterocycles. The Balaban J connectivity index is 1.91. The van der Waals surface area contributed by atoms with Gasteiger partial charge in [-0.15, -0.1) is 0 Å². The standard InChI is InChI=1S/C13H13N3O4/c14-8-3-1-2-6-7(8)5-16(13(6)20)9-4-10(17)12(19)15-11(9)18/h1-3,9-10,17H,4-5,14H2,(H,15,18,19). The molecule has 2 atom stereocenters. The zero-order chi connectivity index (χ0) is 14.4. The Morgan fingerprint density at radius 2 is 2.00 bits per heavy atom. The van der Waals surface area contributed by atoms with Crippen LogP contribution in [0.2, 0.25) is 0 Å². The average Bonchev–Trinajstić information content (AvgIpc) is 2.73. The van der Waals surface area contributed by atoms with Gasteiger partial charge >= 0.3 is 0 Å². The van der Waals surface area contributed by atoms with Crippen molar-refractivity contribution >= 4 is 23.4 Å². The van der Waals surface area contributed by atoms with E-state index in [0.717, 1.165) is 0 Å². The Morgan fingerprint density at radius 3 is 2.70 bits per heavy atom. The number of nitrogens with zero attached hydrogens (tertiary/aromatic N) is 1. The quantitative estimate of drug-likeness (QED) is 0.449. The van der Waals surface area contributed by atoms with Crippen molar-refractivity contribution in [3.05, 3.63) is 29.3 Å². The molecule has 1 saturated heterocycles. The highest BCUT2D eigenvalue weighted by Crippen LogP contribution is 2.30. The molecule has 3 amide bonds. The molecule has 1 aromatic rings. The number of hydrogen-bond donors (Lipinski definition) is 3. The lowest BCUT2D eigenvalue weighted by Crippen LogP contribution is -2.57. The van der Waals surface area contributed by atoms with E-state index in [1.807, 2.05) is 0 Å². The molecule has 0 saturated carbocycles. The molecule has 0 spiro atoms. The van der Waals surface area contributed by atoms with Gasteiger partial charge in [-0.1, -0.05) is 6.07 Å². The van der Waals surface area contributed by atoms with Crippen LogP contribution >= 0.6 is 0 Å². The van der Waals surface area contributed by atoms with E-state index in [1.54, 1.807) is 18.2 Å². The van der Waals surface area contributed by atoms with Crippen LogP contribution in [0.25, 0.3) is 0 Å². The van der Waals surface area contributed by atoms with Gasteiger partial charge in [0.1, 0.15) is 12.1 Å². The molecule has 1 aromatic carbocycles. The summed E-state index contributed by atoms with van der Waals surface area (Å²) in [6.45, 7) is 0.208. The van der Waals surface area contributed by atoms with E-state index in [1.165, 1.54) is 4.90 Å². The number of benzene rings is 1. The summed E-state index contributed by atoms with van der Waals surface area (Å²) in [6.07, 6.45) is -1.38. The number of nitrogens with one attached hydrogen (secondary N) is 1. The van der Waals surface area contributed by atoms with Crippen molar-refractivity contribution in [2.75, 3.05) is 5.73 Å². The fraction of sp³-hybridized carbons (Fsp3) is 0.308. The number of nitrogens with two attached hydrogens (primary N) is 1. The minimum absolute atomic E-state index is 0.0930. The minimum atomic E-state index is -1.29. The van der Waals surface area contributed by atoms with Crippen LogP contribution in [0.4, 0.5) is 5.69 Å². The third-order valence-electron chi connectivity index (χ3n) is 3.71. The number of amides is 3. The minimum Gasteiger partial charge on any atom is -0.398 e. The van der Waals surface area contributed by atoms with E-state index < -0.39 is 24.0 Å². The summed E-state index contributed by atoms with van der Waals surface area (Å²) in [5, 5.41) is 11.6. The molecular weight excluding hydrogens is 262 g/mol. The lowest BCUT2D eigenvalue weighted by atomic mass is 10.0. The average molecular weight is 275 g/mol. The van der Waals surface area contributed by atoms with Crippen LogP contribution in [0.1, 0.15) is 22.3 Å². The van der Waals surface area contributed by atoms with Crippen molar-refractivity contribution in [2.45, 2.75) is 25.1 Å². The first-order valence-corrected chi connectivity index (χ1v) is 6.20. The number of fused-ring (bicyclic) bond motifs is 1.